The van der Waals surface area contributed by atoms with Crippen LogP contribution in [0.15, 0.2) is 60.9 Å². The molecule has 6 nitrogen and oxygen atoms in total. The monoisotopic (exact) mass is 399 g/mol. The van der Waals surface area contributed by atoms with Crippen LogP contribution in [0.5, 0.6) is 5.75 Å². The van der Waals surface area contributed by atoms with Gasteiger partial charge in [0.15, 0.2) is 0 Å². The van der Waals surface area contributed by atoms with Gasteiger partial charge in [-0.05, 0) is 43.3 Å². The van der Waals surface area contributed by atoms with Crippen LogP contribution in [-0.2, 0) is 11.3 Å². The summed E-state index contributed by atoms with van der Waals surface area (Å²) in [5, 5.41) is 7.90. The van der Waals surface area contributed by atoms with Crippen molar-refractivity contribution in [3.8, 4) is 11.4 Å². The molecule has 28 heavy (non-hydrogen) atoms. The molecule has 1 aromatic heterocycles. The summed E-state index contributed by atoms with van der Waals surface area (Å²) in [5.74, 6) is 0.336. The molecule has 1 heterocycles. The molecule has 1 N–H and O–H groups in total. The van der Waals surface area contributed by atoms with Gasteiger partial charge in [0.2, 0.25) is 0 Å². The molecule has 7 heteroatoms. The molecule has 0 atom stereocenters. The number of carbonyl (C=O) groups excluding carboxylic acids is 1. The second-order valence-electron chi connectivity index (χ2n) is 5.99. The number of halogens is 1. The lowest BCUT2D eigenvalue weighted by atomic mass is 10.2. The summed E-state index contributed by atoms with van der Waals surface area (Å²) in [6.07, 6.45) is 3.59. The van der Waals surface area contributed by atoms with Crippen molar-refractivity contribution in [3.63, 3.8) is 0 Å². The van der Waals surface area contributed by atoms with Gasteiger partial charge in [-0.15, -0.1) is 0 Å². The predicted molar refractivity (Wildman–Crippen MR) is 108 cm³/mol. The van der Waals surface area contributed by atoms with Gasteiger partial charge in [0, 0.05) is 29.9 Å². The summed E-state index contributed by atoms with van der Waals surface area (Å²) in [6.45, 7) is 3.80. The Labute approximate surface area is 169 Å². The molecule has 0 bridgehead atoms. The van der Waals surface area contributed by atoms with Crippen LogP contribution in [0.25, 0.3) is 5.69 Å². The van der Waals surface area contributed by atoms with Gasteiger partial charge in [-0.3, -0.25) is 4.79 Å². The molecule has 0 fully saturated rings. The van der Waals surface area contributed by atoms with E-state index in [4.69, 9.17) is 21.1 Å². The summed E-state index contributed by atoms with van der Waals surface area (Å²) in [7, 11) is 0. The zero-order valence-electron chi connectivity index (χ0n) is 15.6. The quantitative estimate of drug-likeness (QED) is 0.555. The maximum Gasteiger partial charge on any atom is 0.255 e. The fourth-order valence-corrected chi connectivity index (χ4v) is 2.72. The number of nitrogens with one attached hydrogen (secondary N) is 1. The summed E-state index contributed by atoms with van der Waals surface area (Å²) < 4.78 is 12.7. The van der Waals surface area contributed by atoms with Crippen molar-refractivity contribution < 1.29 is 14.3 Å². The van der Waals surface area contributed by atoms with Crippen molar-refractivity contribution in [2.75, 3.05) is 19.8 Å². The first-order chi connectivity index (χ1) is 13.7. The molecular formula is C21H22ClN3O3. The van der Waals surface area contributed by atoms with Crippen LogP contribution >= 0.6 is 11.6 Å². The molecule has 0 aliphatic heterocycles. The van der Waals surface area contributed by atoms with Crippen LogP contribution in [0.1, 0.15) is 22.8 Å². The number of rotatable bonds is 9. The van der Waals surface area contributed by atoms with Crippen molar-refractivity contribution in [1.29, 1.82) is 0 Å². The number of ether oxygens (including phenoxy) is 2. The normalized spacial score (nSPS) is 10.6. The van der Waals surface area contributed by atoms with Crippen molar-refractivity contribution in [2.45, 2.75) is 13.5 Å². The molecule has 0 saturated carbocycles. The molecule has 2 aromatic carbocycles. The zero-order chi connectivity index (χ0) is 19.8. The van der Waals surface area contributed by atoms with Crippen molar-refractivity contribution in [2.24, 2.45) is 0 Å². The Hall–Kier alpha value is -2.83. The van der Waals surface area contributed by atoms with E-state index in [1.807, 2.05) is 49.5 Å². The molecule has 0 radical (unpaired) electrons. The van der Waals surface area contributed by atoms with Crippen LogP contribution in [0.2, 0.25) is 5.02 Å². The van der Waals surface area contributed by atoms with Gasteiger partial charge < -0.3 is 14.8 Å². The van der Waals surface area contributed by atoms with Crippen molar-refractivity contribution >= 4 is 17.5 Å². The Morgan fingerprint density at radius 3 is 2.71 bits per heavy atom. The van der Waals surface area contributed by atoms with Crippen LogP contribution in [0.3, 0.4) is 0 Å². The van der Waals surface area contributed by atoms with Gasteiger partial charge in [0.25, 0.3) is 5.91 Å². The summed E-state index contributed by atoms with van der Waals surface area (Å²) in [5.41, 5.74) is 2.28. The summed E-state index contributed by atoms with van der Waals surface area (Å²) in [6, 6.07) is 14.5. The van der Waals surface area contributed by atoms with E-state index in [1.165, 1.54) is 0 Å². The molecule has 0 aliphatic rings. The Balaban J connectivity index is 1.59. The lowest BCUT2D eigenvalue weighted by Crippen LogP contribution is -2.23. The second-order valence-corrected chi connectivity index (χ2v) is 6.43. The molecule has 0 unspecified atom stereocenters. The number of para-hydroxylation sites is 1. The van der Waals surface area contributed by atoms with E-state index in [-0.39, 0.29) is 5.91 Å². The average molecular weight is 400 g/mol. The van der Waals surface area contributed by atoms with E-state index < -0.39 is 0 Å². The Morgan fingerprint density at radius 2 is 1.93 bits per heavy atom. The first-order valence-electron chi connectivity index (χ1n) is 9.04. The zero-order valence-corrected chi connectivity index (χ0v) is 16.4. The third-order valence-electron chi connectivity index (χ3n) is 4.00. The molecule has 0 spiro atoms. The fraction of sp³-hybridized carbons (Fsp3) is 0.238. The number of hydrogen-bond acceptors (Lipinski definition) is 4. The lowest BCUT2D eigenvalue weighted by Gasteiger charge is -2.11. The SMILES string of the molecule is CCOCCOc1ccccc1C(=O)NCc1cnn(-c2ccc(Cl)cc2)c1. The fourth-order valence-electron chi connectivity index (χ4n) is 2.60. The Bertz CT molecular complexity index is 909. The first kappa shape index (κ1) is 19.9. The van der Waals surface area contributed by atoms with E-state index in [9.17, 15) is 4.79 Å². The smallest absolute Gasteiger partial charge is 0.255 e. The van der Waals surface area contributed by atoms with E-state index in [0.29, 0.717) is 42.7 Å². The van der Waals surface area contributed by atoms with Gasteiger partial charge in [0.05, 0.1) is 24.1 Å². The summed E-state index contributed by atoms with van der Waals surface area (Å²) in [4.78, 5) is 12.6. The van der Waals surface area contributed by atoms with Crippen LogP contribution < -0.4 is 10.1 Å². The van der Waals surface area contributed by atoms with Crippen LogP contribution in [0.4, 0.5) is 0 Å². The van der Waals surface area contributed by atoms with E-state index in [1.54, 1.807) is 23.0 Å². The number of nitrogens with zero attached hydrogens (tertiary/aromatic N) is 2. The van der Waals surface area contributed by atoms with Gasteiger partial charge in [-0.2, -0.15) is 5.10 Å². The second kappa shape index (κ2) is 9.92. The molecule has 3 aromatic rings. The number of hydrogen-bond donors (Lipinski definition) is 1. The van der Waals surface area contributed by atoms with Crippen molar-refractivity contribution in [3.05, 3.63) is 77.1 Å². The Morgan fingerprint density at radius 1 is 1.14 bits per heavy atom. The molecule has 0 aliphatic carbocycles. The number of aromatic nitrogens is 2. The largest absolute Gasteiger partial charge is 0.490 e. The van der Waals surface area contributed by atoms with Gasteiger partial charge >= 0.3 is 0 Å². The minimum Gasteiger partial charge on any atom is -0.490 e. The van der Waals surface area contributed by atoms with E-state index in [0.717, 1.165) is 11.3 Å². The van der Waals surface area contributed by atoms with Crippen LogP contribution in [-0.4, -0.2) is 35.5 Å². The van der Waals surface area contributed by atoms with Gasteiger partial charge in [-0.1, -0.05) is 23.7 Å². The third kappa shape index (κ3) is 5.34. The number of benzene rings is 2. The molecular weight excluding hydrogens is 378 g/mol. The maximum absolute atomic E-state index is 12.6. The molecule has 3 rings (SSSR count). The van der Waals surface area contributed by atoms with E-state index in [2.05, 4.69) is 10.4 Å². The molecule has 146 valence electrons. The number of carbonyl (C=O) groups is 1. The standard InChI is InChI=1S/C21H22ClN3O3/c1-2-27-11-12-28-20-6-4-3-5-19(20)21(26)23-13-16-14-24-25(15-16)18-9-7-17(22)8-10-18/h3-10,14-15H,2,11-13H2,1H3,(H,23,26). The summed E-state index contributed by atoms with van der Waals surface area (Å²) >= 11 is 5.91. The lowest BCUT2D eigenvalue weighted by molar-refractivity contribution is 0.0934. The number of amides is 1. The molecule has 1 amide bonds. The average Bonchev–Trinajstić information content (AvgIpc) is 3.19. The third-order valence-corrected chi connectivity index (χ3v) is 4.25. The van der Waals surface area contributed by atoms with Gasteiger partial charge in [0.1, 0.15) is 12.4 Å². The highest BCUT2D eigenvalue weighted by atomic mass is 35.5. The highest BCUT2D eigenvalue weighted by Crippen LogP contribution is 2.18. The predicted octanol–water partition coefficient (Wildman–Crippen LogP) is 3.87. The van der Waals surface area contributed by atoms with Gasteiger partial charge in [-0.25, -0.2) is 4.68 Å². The van der Waals surface area contributed by atoms with E-state index >= 15 is 0 Å². The Kier molecular flexibility index (Phi) is 7.06. The van der Waals surface area contributed by atoms with Crippen LogP contribution in [0, 0.1) is 0 Å². The minimum absolute atomic E-state index is 0.203. The topological polar surface area (TPSA) is 65.4 Å². The molecule has 0 saturated heterocycles. The maximum atomic E-state index is 12.6. The van der Waals surface area contributed by atoms with Crippen molar-refractivity contribution in [1.82, 2.24) is 15.1 Å². The minimum atomic E-state index is -0.203. The highest BCUT2D eigenvalue weighted by molar-refractivity contribution is 6.30. The highest BCUT2D eigenvalue weighted by Gasteiger charge is 2.12. The first-order valence-corrected chi connectivity index (χ1v) is 9.42.